The van der Waals surface area contributed by atoms with Crippen molar-refractivity contribution in [3.8, 4) is 0 Å². The van der Waals surface area contributed by atoms with E-state index in [4.69, 9.17) is 4.74 Å². The summed E-state index contributed by atoms with van der Waals surface area (Å²) in [7, 11) is 0. The first kappa shape index (κ1) is 13.6. The molecule has 0 saturated heterocycles. The number of nitrogens with zero attached hydrogens (tertiary/aromatic N) is 4. The third kappa shape index (κ3) is 3.14. The molecule has 0 bridgehead atoms. The molecule has 1 aromatic heterocycles. The number of ether oxygens (including phenoxy) is 1. The monoisotopic (exact) mass is 328 g/mol. The molecule has 0 N–H and O–H groups in total. The number of esters is 1. The minimum atomic E-state index is -0.611. The van der Waals surface area contributed by atoms with Crippen molar-refractivity contribution < 1.29 is 13.9 Å². The van der Waals surface area contributed by atoms with Gasteiger partial charge in [0.25, 0.3) is 5.82 Å². The quantitative estimate of drug-likeness (QED) is 0.800. The van der Waals surface area contributed by atoms with Gasteiger partial charge >= 0.3 is 5.97 Å². The van der Waals surface area contributed by atoms with Crippen molar-refractivity contribution in [2.24, 2.45) is 0 Å². The molecule has 8 heteroatoms. The fourth-order valence-electron chi connectivity index (χ4n) is 1.48. The number of aromatic nitrogens is 4. The number of carbonyl (C=O) groups excluding carboxylic acids is 1. The van der Waals surface area contributed by atoms with Crippen LogP contribution in [0.5, 0.6) is 0 Å². The van der Waals surface area contributed by atoms with Crippen LogP contribution in [-0.2, 0) is 11.3 Å². The molecule has 2 aromatic rings. The van der Waals surface area contributed by atoms with E-state index < -0.39 is 5.97 Å². The summed E-state index contributed by atoms with van der Waals surface area (Å²) in [6.45, 7) is 2.09. The molecule has 0 spiro atoms. The van der Waals surface area contributed by atoms with E-state index in [1.807, 2.05) is 0 Å². The van der Waals surface area contributed by atoms with Crippen LogP contribution in [0.25, 0.3) is 0 Å². The molecule has 100 valence electrons. The summed E-state index contributed by atoms with van der Waals surface area (Å²) < 4.78 is 20.0. The highest BCUT2D eigenvalue weighted by Gasteiger charge is 2.17. The van der Waals surface area contributed by atoms with Gasteiger partial charge in [-0.05, 0) is 41.1 Å². The van der Waals surface area contributed by atoms with Gasteiger partial charge in [0.2, 0.25) is 0 Å². The lowest BCUT2D eigenvalue weighted by molar-refractivity contribution is 0.0505. The first-order valence-corrected chi connectivity index (χ1v) is 6.28. The van der Waals surface area contributed by atoms with Crippen LogP contribution in [0, 0.1) is 5.82 Å². The second kappa shape index (κ2) is 5.87. The summed E-state index contributed by atoms with van der Waals surface area (Å²) >= 11 is 3.30. The first-order valence-electron chi connectivity index (χ1n) is 5.49. The van der Waals surface area contributed by atoms with E-state index >= 15 is 0 Å². The Morgan fingerprint density at radius 3 is 3.05 bits per heavy atom. The smallest absolute Gasteiger partial charge is 0.378 e. The molecule has 2 rings (SSSR count). The lowest BCUT2D eigenvalue weighted by Crippen LogP contribution is -2.15. The minimum absolute atomic E-state index is 0.0157. The maximum Gasteiger partial charge on any atom is 0.378 e. The Morgan fingerprint density at radius 2 is 2.32 bits per heavy atom. The molecule has 0 aliphatic heterocycles. The van der Waals surface area contributed by atoms with Gasteiger partial charge in [-0.1, -0.05) is 15.9 Å². The van der Waals surface area contributed by atoms with Gasteiger partial charge in [0, 0.05) is 4.47 Å². The average Bonchev–Trinajstić information content (AvgIpc) is 2.82. The standard InChI is InChI=1S/C11H10BrFN4O2/c1-2-19-11(18)10-14-15-16-17(10)6-7-5-8(13)3-4-9(7)12/h3-5H,2,6H2,1H3. The fraction of sp³-hybridized carbons (Fsp3) is 0.273. The predicted molar refractivity (Wildman–Crippen MR) is 67.0 cm³/mol. The molecule has 0 fully saturated rings. The van der Waals surface area contributed by atoms with Gasteiger partial charge in [-0.2, -0.15) is 0 Å². The van der Waals surface area contributed by atoms with E-state index in [1.165, 1.54) is 16.8 Å². The molecule has 0 aliphatic carbocycles. The van der Waals surface area contributed by atoms with Gasteiger partial charge < -0.3 is 4.74 Å². The topological polar surface area (TPSA) is 69.9 Å². The van der Waals surface area contributed by atoms with E-state index in [-0.39, 0.29) is 24.8 Å². The van der Waals surface area contributed by atoms with Crippen molar-refractivity contribution in [1.29, 1.82) is 0 Å². The zero-order valence-corrected chi connectivity index (χ0v) is 11.6. The van der Waals surface area contributed by atoms with Crippen molar-refractivity contribution in [1.82, 2.24) is 20.2 Å². The minimum Gasteiger partial charge on any atom is -0.460 e. The van der Waals surface area contributed by atoms with Gasteiger partial charge in [-0.15, -0.1) is 5.10 Å². The van der Waals surface area contributed by atoms with Crippen LogP contribution in [0.3, 0.4) is 0 Å². The van der Waals surface area contributed by atoms with E-state index in [9.17, 15) is 9.18 Å². The highest BCUT2D eigenvalue weighted by atomic mass is 79.9. The molecule has 1 heterocycles. The van der Waals surface area contributed by atoms with Crippen LogP contribution >= 0.6 is 15.9 Å². The van der Waals surface area contributed by atoms with E-state index in [0.717, 1.165) is 0 Å². The fourth-order valence-corrected chi connectivity index (χ4v) is 1.85. The Kier molecular flexibility index (Phi) is 4.20. The third-order valence-corrected chi connectivity index (χ3v) is 3.09. The van der Waals surface area contributed by atoms with Crippen molar-refractivity contribution in [2.45, 2.75) is 13.5 Å². The number of carbonyl (C=O) groups is 1. The normalized spacial score (nSPS) is 10.5. The Bertz CT molecular complexity index is 602. The Balaban J connectivity index is 2.26. The maximum absolute atomic E-state index is 13.2. The Morgan fingerprint density at radius 1 is 1.53 bits per heavy atom. The lowest BCUT2D eigenvalue weighted by atomic mass is 10.2. The number of rotatable bonds is 4. The van der Waals surface area contributed by atoms with E-state index in [0.29, 0.717) is 10.0 Å². The van der Waals surface area contributed by atoms with Crippen LogP contribution in [0.15, 0.2) is 22.7 Å². The van der Waals surface area contributed by atoms with Crippen molar-refractivity contribution >= 4 is 21.9 Å². The molecule has 19 heavy (non-hydrogen) atoms. The summed E-state index contributed by atoms with van der Waals surface area (Å²) in [5.41, 5.74) is 0.623. The summed E-state index contributed by atoms with van der Waals surface area (Å²) in [6.07, 6.45) is 0. The molecule has 0 radical (unpaired) electrons. The van der Waals surface area contributed by atoms with Crippen LogP contribution in [0.2, 0.25) is 0 Å². The van der Waals surface area contributed by atoms with Crippen LogP contribution < -0.4 is 0 Å². The van der Waals surface area contributed by atoms with Gasteiger partial charge in [0.15, 0.2) is 0 Å². The second-order valence-corrected chi connectivity index (χ2v) is 4.47. The van der Waals surface area contributed by atoms with E-state index in [2.05, 4.69) is 31.5 Å². The summed E-state index contributed by atoms with van der Waals surface area (Å²) in [6, 6.07) is 4.26. The summed E-state index contributed by atoms with van der Waals surface area (Å²) in [4.78, 5) is 11.6. The highest BCUT2D eigenvalue weighted by Crippen LogP contribution is 2.19. The predicted octanol–water partition coefficient (Wildman–Crippen LogP) is 1.80. The zero-order valence-electron chi connectivity index (χ0n) is 10.0. The molecular weight excluding hydrogens is 319 g/mol. The van der Waals surface area contributed by atoms with E-state index in [1.54, 1.807) is 13.0 Å². The summed E-state index contributed by atoms with van der Waals surface area (Å²) in [5, 5.41) is 10.7. The number of tetrazole rings is 1. The highest BCUT2D eigenvalue weighted by molar-refractivity contribution is 9.10. The van der Waals surface area contributed by atoms with Crippen LogP contribution in [-0.4, -0.2) is 32.8 Å². The molecular formula is C11H10BrFN4O2. The average molecular weight is 329 g/mol. The lowest BCUT2D eigenvalue weighted by Gasteiger charge is -2.06. The van der Waals surface area contributed by atoms with Crippen molar-refractivity contribution in [3.63, 3.8) is 0 Å². The second-order valence-electron chi connectivity index (χ2n) is 3.62. The molecule has 6 nitrogen and oxygen atoms in total. The van der Waals surface area contributed by atoms with Crippen LogP contribution in [0.4, 0.5) is 4.39 Å². The number of hydrogen-bond acceptors (Lipinski definition) is 5. The largest absolute Gasteiger partial charge is 0.460 e. The van der Waals surface area contributed by atoms with Gasteiger partial charge in [-0.3, -0.25) is 0 Å². The molecule has 0 atom stereocenters. The number of hydrogen-bond donors (Lipinski definition) is 0. The molecule has 0 aliphatic rings. The Labute approximate surface area is 116 Å². The third-order valence-electron chi connectivity index (χ3n) is 2.32. The maximum atomic E-state index is 13.2. The molecule has 0 saturated carbocycles. The molecule has 1 aromatic carbocycles. The SMILES string of the molecule is CCOC(=O)c1nnnn1Cc1cc(F)ccc1Br. The van der Waals surface area contributed by atoms with Gasteiger partial charge in [-0.25, -0.2) is 13.9 Å². The first-order chi connectivity index (χ1) is 9.11. The number of benzene rings is 1. The molecule has 0 amide bonds. The van der Waals surface area contributed by atoms with Crippen molar-refractivity contribution in [3.05, 3.63) is 39.9 Å². The molecule has 0 unspecified atom stereocenters. The van der Waals surface area contributed by atoms with Gasteiger partial charge in [0.1, 0.15) is 5.82 Å². The summed E-state index contributed by atoms with van der Waals surface area (Å²) in [5.74, 6) is -0.998. The van der Waals surface area contributed by atoms with Gasteiger partial charge in [0.05, 0.1) is 13.2 Å². The number of halogens is 2. The zero-order chi connectivity index (χ0) is 13.8. The Hall–Kier alpha value is -1.83. The van der Waals surface area contributed by atoms with Crippen LogP contribution in [0.1, 0.15) is 23.1 Å². The van der Waals surface area contributed by atoms with Crippen molar-refractivity contribution in [2.75, 3.05) is 6.61 Å².